The van der Waals surface area contributed by atoms with Crippen LogP contribution in [0.5, 0.6) is 5.75 Å². The molecular formula is C19H28N2O3. The Morgan fingerprint density at radius 1 is 1.04 bits per heavy atom. The Kier molecular flexibility index (Phi) is 6.23. The normalized spacial score (nSPS) is 15.3. The number of carbonyl (C=O) groups excluding carboxylic acids is 2. The minimum atomic E-state index is -0.921. The van der Waals surface area contributed by atoms with Crippen molar-refractivity contribution in [2.24, 2.45) is 0 Å². The van der Waals surface area contributed by atoms with Crippen molar-refractivity contribution < 1.29 is 14.3 Å². The number of amides is 2. The molecule has 24 heavy (non-hydrogen) atoms. The summed E-state index contributed by atoms with van der Waals surface area (Å²) in [6.07, 6.45) is 2.55. The van der Waals surface area contributed by atoms with Gasteiger partial charge in [0.15, 0.2) is 5.60 Å². The predicted molar refractivity (Wildman–Crippen MR) is 93.8 cm³/mol. The van der Waals surface area contributed by atoms with E-state index in [1.807, 2.05) is 35.2 Å². The Morgan fingerprint density at radius 3 is 2.21 bits per heavy atom. The third-order valence-corrected chi connectivity index (χ3v) is 4.30. The van der Waals surface area contributed by atoms with Crippen LogP contribution in [0.25, 0.3) is 0 Å². The Balaban J connectivity index is 1.88. The first kappa shape index (κ1) is 18.3. The number of ether oxygens (including phenoxy) is 1. The van der Waals surface area contributed by atoms with Crippen molar-refractivity contribution in [3.8, 4) is 5.75 Å². The minimum absolute atomic E-state index is 0.0352. The molecule has 2 rings (SSSR count). The van der Waals surface area contributed by atoms with Crippen LogP contribution in [0, 0.1) is 0 Å². The summed E-state index contributed by atoms with van der Waals surface area (Å²) in [4.78, 5) is 28.5. The van der Waals surface area contributed by atoms with Crippen molar-refractivity contribution in [2.75, 3.05) is 26.2 Å². The summed E-state index contributed by atoms with van der Waals surface area (Å²) in [7, 11) is 0. The molecule has 1 fully saturated rings. The van der Waals surface area contributed by atoms with Gasteiger partial charge in [-0.2, -0.15) is 0 Å². The van der Waals surface area contributed by atoms with Crippen LogP contribution in [-0.2, 0) is 9.59 Å². The number of para-hydroxylation sites is 1. The van der Waals surface area contributed by atoms with Gasteiger partial charge in [0.05, 0.1) is 0 Å². The van der Waals surface area contributed by atoms with Gasteiger partial charge in [-0.1, -0.05) is 31.5 Å². The average Bonchev–Trinajstić information content (AvgIpc) is 2.59. The standard InChI is InChI=1S/C19H28N2O3/c1-4-5-11-17(22)20-12-14-21(15-13-20)18(23)19(2,3)24-16-9-7-6-8-10-16/h6-10H,4-5,11-15H2,1-3H3. The molecule has 0 aromatic heterocycles. The van der Waals surface area contributed by atoms with Crippen LogP contribution >= 0.6 is 0 Å². The lowest BCUT2D eigenvalue weighted by atomic mass is 10.1. The van der Waals surface area contributed by atoms with Crippen LogP contribution in [0.1, 0.15) is 40.0 Å². The summed E-state index contributed by atoms with van der Waals surface area (Å²) in [5, 5.41) is 0. The maximum Gasteiger partial charge on any atom is 0.266 e. The second-order valence-corrected chi connectivity index (χ2v) is 6.70. The molecule has 0 N–H and O–H groups in total. The highest BCUT2D eigenvalue weighted by Crippen LogP contribution is 2.21. The van der Waals surface area contributed by atoms with E-state index in [-0.39, 0.29) is 11.8 Å². The zero-order chi connectivity index (χ0) is 17.6. The molecule has 1 aliphatic heterocycles. The monoisotopic (exact) mass is 332 g/mol. The Labute approximate surface area is 144 Å². The highest BCUT2D eigenvalue weighted by molar-refractivity contribution is 5.85. The zero-order valence-electron chi connectivity index (χ0n) is 15.0. The molecule has 5 heteroatoms. The topological polar surface area (TPSA) is 49.9 Å². The molecule has 0 unspecified atom stereocenters. The van der Waals surface area contributed by atoms with Crippen LogP contribution in [-0.4, -0.2) is 53.4 Å². The molecule has 1 saturated heterocycles. The summed E-state index contributed by atoms with van der Waals surface area (Å²) in [5.41, 5.74) is -0.921. The molecule has 1 aromatic carbocycles. The van der Waals surface area contributed by atoms with Crippen molar-refractivity contribution in [3.05, 3.63) is 30.3 Å². The van der Waals surface area contributed by atoms with Gasteiger partial charge in [-0.25, -0.2) is 0 Å². The van der Waals surface area contributed by atoms with E-state index in [0.717, 1.165) is 12.8 Å². The van der Waals surface area contributed by atoms with E-state index in [2.05, 4.69) is 6.92 Å². The first-order valence-corrected chi connectivity index (χ1v) is 8.75. The maximum atomic E-state index is 12.8. The summed E-state index contributed by atoms with van der Waals surface area (Å²) in [5.74, 6) is 0.847. The largest absolute Gasteiger partial charge is 0.478 e. The number of piperazine rings is 1. The van der Waals surface area contributed by atoms with Gasteiger partial charge in [0.25, 0.3) is 5.91 Å². The molecule has 0 radical (unpaired) electrons. The fourth-order valence-electron chi connectivity index (χ4n) is 2.85. The van der Waals surface area contributed by atoms with Crippen LogP contribution in [0.4, 0.5) is 0 Å². The van der Waals surface area contributed by atoms with E-state index < -0.39 is 5.60 Å². The SMILES string of the molecule is CCCCC(=O)N1CCN(C(=O)C(C)(C)Oc2ccccc2)CC1. The molecular weight excluding hydrogens is 304 g/mol. The van der Waals surface area contributed by atoms with E-state index in [4.69, 9.17) is 4.74 Å². The quantitative estimate of drug-likeness (QED) is 0.805. The Morgan fingerprint density at radius 2 is 1.62 bits per heavy atom. The van der Waals surface area contributed by atoms with E-state index >= 15 is 0 Å². The molecule has 132 valence electrons. The van der Waals surface area contributed by atoms with E-state index in [0.29, 0.717) is 38.3 Å². The molecule has 1 aromatic rings. The summed E-state index contributed by atoms with van der Waals surface area (Å²) >= 11 is 0. The molecule has 1 heterocycles. The van der Waals surface area contributed by atoms with Crippen LogP contribution in [0.15, 0.2) is 30.3 Å². The average molecular weight is 332 g/mol. The maximum absolute atomic E-state index is 12.8. The van der Waals surface area contributed by atoms with Gasteiger partial charge in [-0.3, -0.25) is 9.59 Å². The van der Waals surface area contributed by atoms with Gasteiger partial charge < -0.3 is 14.5 Å². The molecule has 0 aliphatic carbocycles. The highest BCUT2D eigenvalue weighted by Gasteiger charge is 2.36. The third kappa shape index (κ3) is 4.73. The Hall–Kier alpha value is -2.04. The lowest BCUT2D eigenvalue weighted by Crippen LogP contribution is -2.56. The van der Waals surface area contributed by atoms with Gasteiger partial charge in [0.2, 0.25) is 5.91 Å². The summed E-state index contributed by atoms with van der Waals surface area (Å²) in [6, 6.07) is 9.38. The summed E-state index contributed by atoms with van der Waals surface area (Å²) < 4.78 is 5.87. The molecule has 0 bridgehead atoms. The van der Waals surface area contributed by atoms with Crippen LogP contribution in [0.3, 0.4) is 0 Å². The van der Waals surface area contributed by atoms with Gasteiger partial charge in [0.1, 0.15) is 5.75 Å². The second-order valence-electron chi connectivity index (χ2n) is 6.70. The fourth-order valence-corrected chi connectivity index (χ4v) is 2.85. The lowest BCUT2D eigenvalue weighted by Gasteiger charge is -2.38. The van der Waals surface area contributed by atoms with E-state index in [9.17, 15) is 9.59 Å². The number of nitrogens with zero attached hydrogens (tertiary/aromatic N) is 2. The van der Waals surface area contributed by atoms with Gasteiger partial charge in [0, 0.05) is 32.6 Å². The first-order valence-electron chi connectivity index (χ1n) is 8.75. The fraction of sp³-hybridized carbons (Fsp3) is 0.579. The van der Waals surface area contributed by atoms with Crippen molar-refractivity contribution in [3.63, 3.8) is 0 Å². The lowest BCUT2D eigenvalue weighted by molar-refractivity contribution is -0.149. The van der Waals surface area contributed by atoms with Crippen molar-refractivity contribution in [1.82, 2.24) is 9.80 Å². The van der Waals surface area contributed by atoms with Gasteiger partial charge in [-0.05, 0) is 32.4 Å². The summed E-state index contributed by atoms with van der Waals surface area (Å²) in [6.45, 7) is 8.02. The number of rotatable bonds is 6. The molecule has 1 aliphatic rings. The number of unbranched alkanes of at least 4 members (excludes halogenated alkanes) is 1. The van der Waals surface area contributed by atoms with Gasteiger partial charge in [-0.15, -0.1) is 0 Å². The first-order chi connectivity index (χ1) is 11.4. The number of hydrogen-bond donors (Lipinski definition) is 0. The van der Waals surface area contributed by atoms with Crippen molar-refractivity contribution in [2.45, 2.75) is 45.6 Å². The van der Waals surface area contributed by atoms with Crippen molar-refractivity contribution in [1.29, 1.82) is 0 Å². The Bertz CT molecular complexity index is 549. The number of benzene rings is 1. The molecule has 0 atom stereocenters. The van der Waals surface area contributed by atoms with Gasteiger partial charge >= 0.3 is 0 Å². The number of hydrogen-bond acceptors (Lipinski definition) is 3. The smallest absolute Gasteiger partial charge is 0.266 e. The van der Waals surface area contributed by atoms with E-state index in [1.54, 1.807) is 18.7 Å². The van der Waals surface area contributed by atoms with Crippen LogP contribution in [0.2, 0.25) is 0 Å². The predicted octanol–water partition coefficient (Wildman–Crippen LogP) is 2.71. The second kappa shape index (κ2) is 8.18. The molecule has 0 saturated carbocycles. The number of carbonyl (C=O) groups is 2. The van der Waals surface area contributed by atoms with E-state index in [1.165, 1.54) is 0 Å². The minimum Gasteiger partial charge on any atom is -0.478 e. The molecule has 5 nitrogen and oxygen atoms in total. The highest BCUT2D eigenvalue weighted by atomic mass is 16.5. The third-order valence-electron chi connectivity index (χ3n) is 4.30. The van der Waals surface area contributed by atoms with Crippen molar-refractivity contribution >= 4 is 11.8 Å². The molecule has 2 amide bonds. The molecule has 0 spiro atoms. The zero-order valence-corrected chi connectivity index (χ0v) is 15.0. The van der Waals surface area contributed by atoms with Crippen LogP contribution < -0.4 is 4.74 Å².